The lowest BCUT2D eigenvalue weighted by molar-refractivity contribution is 0.526. The van der Waals surface area contributed by atoms with Gasteiger partial charge in [0.1, 0.15) is 5.82 Å². The highest BCUT2D eigenvalue weighted by Gasteiger charge is 2.34. The number of hydrogen-bond acceptors (Lipinski definition) is 2. The SMILES string of the molecule is CC1C(N)CCC1S(=O)c1ccc(F)cc1. The number of hydrogen-bond donors (Lipinski definition) is 1. The van der Waals surface area contributed by atoms with Crippen molar-refractivity contribution in [2.24, 2.45) is 11.7 Å². The molecule has 0 heterocycles. The maximum Gasteiger partial charge on any atom is 0.123 e. The molecule has 1 aromatic carbocycles. The molecule has 4 heteroatoms. The molecule has 0 aliphatic heterocycles. The summed E-state index contributed by atoms with van der Waals surface area (Å²) in [6.07, 6.45) is 1.82. The van der Waals surface area contributed by atoms with Gasteiger partial charge < -0.3 is 5.73 Å². The lowest BCUT2D eigenvalue weighted by Crippen LogP contribution is -2.29. The van der Waals surface area contributed by atoms with Crippen molar-refractivity contribution in [3.8, 4) is 0 Å². The molecule has 0 radical (unpaired) electrons. The second kappa shape index (κ2) is 4.63. The zero-order chi connectivity index (χ0) is 11.7. The highest BCUT2D eigenvalue weighted by molar-refractivity contribution is 7.85. The van der Waals surface area contributed by atoms with Gasteiger partial charge in [-0.1, -0.05) is 6.92 Å². The summed E-state index contributed by atoms with van der Waals surface area (Å²) in [5, 5.41) is 0.112. The monoisotopic (exact) mass is 241 g/mol. The summed E-state index contributed by atoms with van der Waals surface area (Å²) in [4.78, 5) is 0.701. The first-order valence-electron chi connectivity index (χ1n) is 5.51. The minimum Gasteiger partial charge on any atom is -0.327 e. The Bertz CT molecular complexity index is 393. The van der Waals surface area contributed by atoms with Gasteiger partial charge in [0.25, 0.3) is 0 Å². The van der Waals surface area contributed by atoms with Crippen LogP contribution in [0.25, 0.3) is 0 Å². The molecule has 4 atom stereocenters. The highest BCUT2D eigenvalue weighted by Crippen LogP contribution is 2.31. The predicted octanol–water partition coefficient (Wildman–Crippen LogP) is 2.06. The van der Waals surface area contributed by atoms with E-state index in [-0.39, 0.29) is 23.0 Å². The molecule has 4 unspecified atom stereocenters. The second-order valence-electron chi connectivity index (χ2n) is 4.39. The fourth-order valence-corrected chi connectivity index (χ4v) is 3.90. The molecule has 1 saturated carbocycles. The van der Waals surface area contributed by atoms with Crippen LogP contribution in [0.3, 0.4) is 0 Å². The number of rotatable bonds is 2. The van der Waals surface area contributed by atoms with Gasteiger partial charge in [0.15, 0.2) is 0 Å². The van der Waals surface area contributed by atoms with Gasteiger partial charge in [-0.3, -0.25) is 4.21 Å². The third kappa shape index (κ3) is 2.18. The van der Waals surface area contributed by atoms with Crippen LogP contribution in [-0.2, 0) is 10.8 Å². The molecule has 1 aromatic rings. The summed E-state index contributed by atoms with van der Waals surface area (Å²) in [5.74, 6) is -0.0252. The molecule has 1 fully saturated rings. The first kappa shape index (κ1) is 11.7. The van der Waals surface area contributed by atoms with Crippen molar-refractivity contribution in [1.29, 1.82) is 0 Å². The standard InChI is InChI=1S/C12H16FNOS/c1-8-11(14)6-7-12(8)16(15)10-4-2-9(13)3-5-10/h2-5,8,11-12H,6-7,14H2,1H3. The number of halogens is 1. The summed E-state index contributed by atoms with van der Waals surface area (Å²) in [6.45, 7) is 2.05. The van der Waals surface area contributed by atoms with Crippen molar-refractivity contribution in [2.45, 2.75) is 36.0 Å². The van der Waals surface area contributed by atoms with Gasteiger partial charge in [0.05, 0.1) is 10.8 Å². The van der Waals surface area contributed by atoms with Crippen molar-refractivity contribution in [3.63, 3.8) is 0 Å². The lowest BCUT2D eigenvalue weighted by atomic mass is 10.1. The summed E-state index contributed by atoms with van der Waals surface area (Å²) in [6, 6.07) is 6.05. The molecule has 0 bridgehead atoms. The lowest BCUT2D eigenvalue weighted by Gasteiger charge is -2.17. The zero-order valence-electron chi connectivity index (χ0n) is 9.23. The van der Waals surface area contributed by atoms with Crippen molar-refractivity contribution in [1.82, 2.24) is 0 Å². The summed E-state index contributed by atoms with van der Waals surface area (Å²) in [7, 11) is -1.06. The topological polar surface area (TPSA) is 43.1 Å². The molecule has 88 valence electrons. The van der Waals surface area contributed by atoms with Gasteiger partial charge in [-0.2, -0.15) is 0 Å². The number of nitrogens with two attached hydrogens (primary N) is 1. The Morgan fingerprint density at radius 1 is 1.31 bits per heavy atom. The average molecular weight is 241 g/mol. The van der Waals surface area contributed by atoms with Crippen LogP contribution in [0, 0.1) is 11.7 Å². The van der Waals surface area contributed by atoms with Crippen molar-refractivity contribution < 1.29 is 8.60 Å². The quantitative estimate of drug-likeness (QED) is 0.861. The Labute approximate surface area is 97.5 Å². The van der Waals surface area contributed by atoms with Gasteiger partial charge >= 0.3 is 0 Å². The molecule has 1 aliphatic carbocycles. The van der Waals surface area contributed by atoms with Crippen LogP contribution >= 0.6 is 0 Å². The molecule has 0 spiro atoms. The average Bonchev–Trinajstić information content (AvgIpc) is 2.60. The number of benzene rings is 1. The zero-order valence-corrected chi connectivity index (χ0v) is 10.0. The van der Waals surface area contributed by atoms with Gasteiger partial charge in [-0.05, 0) is 43.0 Å². The van der Waals surface area contributed by atoms with E-state index in [0.29, 0.717) is 4.90 Å². The van der Waals surface area contributed by atoms with E-state index < -0.39 is 10.8 Å². The molecule has 2 N–H and O–H groups in total. The molecule has 2 rings (SSSR count). The van der Waals surface area contributed by atoms with Crippen LogP contribution in [0.15, 0.2) is 29.2 Å². The van der Waals surface area contributed by atoms with E-state index in [2.05, 4.69) is 0 Å². The Morgan fingerprint density at radius 3 is 2.44 bits per heavy atom. The molecule has 0 amide bonds. The smallest absolute Gasteiger partial charge is 0.123 e. The van der Waals surface area contributed by atoms with E-state index in [1.165, 1.54) is 12.1 Å². The Balaban J connectivity index is 2.16. The minimum atomic E-state index is -1.06. The van der Waals surface area contributed by atoms with E-state index in [0.717, 1.165) is 12.8 Å². The molecule has 1 aliphatic rings. The predicted molar refractivity (Wildman–Crippen MR) is 63.0 cm³/mol. The summed E-state index contributed by atoms with van der Waals surface area (Å²) in [5.41, 5.74) is 5.91. The van der Waals surface area contributed by atoms with Crippen LogP contribution < -0.4 is 5.73 Å². The third-order valence-electron chi connectivity index (χ3n) is 3.37. The minimum absolute atomic E-state index is 0.112. The Kier molecular flexibility index (Phi) is 3.40. The fraction of sp³-hybridized carbons (Fsp3) is 0.500. The van der Waals surface area contributed by atoms with Crippen LogP contribution in [0.2, 0.25) is 0 Å². The summed E-state index contributed by atoms with van der Waals surface area (Å²) < 4.78 is 25.0. The highest BCUT2D eigenvalue weighted by atomic mass is 32.2. The first-order valence-corrected chi connectivity index (χ1v) is 6.72. The largest absolute Gasteiger partial charge is 0.327 e. The van der Waals surface area contributed by atoms with E-state index in [1.807, 2.05) is 6.92 Å². The maximum atomic E-state index is 12.7. The Morgan fingerprint density at radius 2 is 1.94 bits per heavy atom. The third-order valence-corrected chi connectivity index (χ3v) is 5.32. The van der Waals surface area contributed by atoms with Gasteiger partial charge in [0.2, 0.25) is 0 Å². The maximum absolute atomic E-state index is 12.7. The molecule has 0 saturated heterocycles. The summed E-state index contributed by atoms with van der Waals surface area (Å²) >= 11 is 0. The molecule has 2 nitrogen and oxygen atoms in total. The van der Waals surface area contributed by atoms with Crippen LogP contribution in [0.4, 0.5) is 4.39 Å². The van der Waals surface area contributed by atoms with E-state index in [1.54, 1.807) is 12.1 Å². The molecular formula is C12H16FNOS. The first-order chi connectivity index (χ1) is 7.59. The van der Waals surface area contributed by atoms with Gasteiger partial charge in [-0.15, -0.1) is 0 Å². The fourth-order valence-electron chi connectivity index (χ4n) is 2.20. The molecule has 16 heavy (non-hydrogen) atoms. The van der Waals surface area contributed by atoms with Crippen LogP contribution in [0.1, 0.15) is 19.8 Å². The van der Waals surface area contributed by atoms with Crippen molar-refractivity contribution in [2.75, 3.05) is 0 Å². The molecular weight excluding hydrogens is 225 g/mol. The van der Waals surface area contributed by atoms with Gasteiger partial charge in [-0.25, -0.2) is 4.39 Å². The Hall–Kier alpha value is -0.740. The molecule has 0 aromatic heterocycles. The van der Waals surface area contributed by atoms with E-state index in [9.17, 15) is 8.60 Å². The van der Waals surface area contributed by atoms with Crippen LogP contribution in [0.5, 0.6) is 0 Å². The van der Waals surface area contributed by atoms with E-state index >= 15 is 0 Å². The van der Waals surface area contributed by atoms with Crippen molar-refractivity contribution in [3.05, 3.63) is 30.1 Å². The van der Waals surface area contributed by atoms with E-state index in [4.69, 9.17) is 5.73 Å². The normalized spacial score (nSPS) is 31.6. The van der Waals surface area contributed by atoms with Gasteiger partial charge in [0, 0.05) is 16.2 Å². The van der Waals surface area contributed by atoms with Crippen LogP contribution in [-0.4, -0.2) is 15.5 Å². The van der Waals surface area contributed by atoms with Crippen molar-refractivity contribution >= 4 is 10.8 Å². The second-order valence-corrected chi connectivity index (χ2v) is 6.06.